The number of anilines is 1. The van der Waals surface area contributed by atoms with Crippen molar-refractivity contribution in [1.82, 2.24) is 9.21 Å². The highest BCUT2D eigenvalue weighted by atomic mass is 32.2. The SMILES string of the molecule is CCN(CC)C(=O)CN(C)S(=O)(=O)c1cccc(F)c1N. The fraction of sp³-hybridized carbons (Fsp3) is 0.462. The van der Waals surface area contributed by atoms with Crippen LogP contribution in [0.5, 0.6) is 0 Å². The van der Waals surface area contributed by atoms with Crippen LogP contribution in [0, 0.1) is 5.82 Å². The number of hydrogen-bond donors (Lipinski definition) is 1. The molecule has 0 radical (unpaired) electrons. The number of nitrogen functional groups attached to an aromatic ring is 1. The van der Waals surface area contributed by atoms with Gasteiger partial charge in [-0.2, -0.15) is 4.31 Å². The highest BCUT2D eigenvalue weighted by Gasteiger charge is 2.27. The number of nitrogens with zero attached hydrogens (tertiary/aromatic N) is 2. The van der Waals surface area contributed by atoms with Gasteiger partial charge in [-0.3, -0.25) is 4.79 Å². The molecule has 0 saturated heterocycles. The molecule has 2 N–H and O–H groups in total. The average Bonchev–Trinajstić information content (AvgIpc) is 2.42. The van der Waals surface area contributed by atoms with E-state index >= 15 is 0 Å². The van der Waals surface area contributed by atoms with E-state index in [-0.39, 0.29) is 17.3 Å². The standard InChI is InChI=1S/C13H20FN3O3S/c1-4-17(5-2)12(18)9-16(3)21(19,20)11-8-6-7-10(14)13(11)15/h6-8H,4-5,9,15H2,1-3H3. The van der Waals surface area contributed by atoms with Crippen LogP contribution >= 0.6 is 0 Å². The van der Waals surface area contributed by atoms with E-state index in [9.17, 15) is 17.6 Å². The van der Waals surface area contributed by atoms with Crippen molar-refractivity contribution in [2.45, 2.75) is 18.7 Å². The first-order valence-corrected chi connectivity index (χ1v) is 7.97. The summed E-state index contributed by atoms with van der Waals surface area (Å²) < 4.78 is 39.0. The molecule has 1 rings (SSSR count). The number of sulfonamides is 1. The van der Waals surface area contributed by atoms with Crippen LogP contribution in [0.2, 0.25) is 0 Å². The Morgan fingerprint density at radius 3 is 2.38 bits per heavy atom. The van der Waals surface area contributed by atoms with Crippen molar-refractivity contribution >= 4 is 21.6 Å². The fourth-order valence-corrected chi connectivity index (χ4v) is 3.10. The Morgan fingerprint density at radius 1 is 1.29 bits per heavy atom. The third kappa shape index (κ3) is 3.70. The summed E-state index contributed by atoms with van der Waals surface area (Å²) in [6.45, 7) is 4.28. The number of carbonyl (C=O) groups is 1. The Balaban J connectivity index is 3.03. The predicted octanol–water partition coefficient (Wildman–Crippen LogP) is 0.897. The molecule has 0 heterocycles. The van der Waals surface area contributed by atoms with Gasteiger partial charge < -0.3 is 10.6 Å². The number of carbonyl (C=O) groups excluding carboxylic acids is 1. The van der Waals surface area contributed by atoms with Gasteiger partial charge in [0.1, 0.15) is 10.7 Å². The van der Waals surface area contributed by atoms with Crippen molar-refractivity contribution in [2.24, 2.45) is 0 Å². The molecule has 0 fully saturated rings. The van der Waals surface area contributed by atoms with Crippen LogP contribution in [0.15, 0.2) is 23.1 Å². The molecule has 0 aliphatic carbocycles. The van der Waals surface area contributed by atoms with Crippen LogP contribution in [0.1, 0.15) is 13.8 Å². The second-order valence-electron chi connectivity index (χ2n) is 4.48. The number of likely N-dealkylation sites (N-methyl/N-ethyl adjacent to an activating group) is 2. The minimum atomic E-state index is -4.02. The lowest BCUT2D eigenvalue weighted by Gasteiger charge is -2.23. The topological polar surface area (TPSA) is 83.7 Å². The van der Waals surface area contributed by atoms with E-state index < -0.39 is 21.5 Å². The smallest absolute Gasteiger partial charge is 0.245 e. The van der Waals surface area contributed by atoms with Gasteiger partial charge in [-0.05, 0) is 26.0 Å². The maximum Gasteiger partial charge on any atom is 0.245 e. The minimum absolute atomic E-state index is 0.318. The van der Waals surface area contributed by atoms with E-state index in [1.807, 2.05) is 0 Å². The van der Waals surface area contributed by atoms with Gasteiger partial charge in [-0.1, -0.05) is 6.07 Å². The first-order chi connectivity index (χ1) is 9.75. The van der Waals surface area contributed by atoms with E-state index in [1.165, 1.54) is 24.1 Å². The van der Waals surface area contributed by atoms with Gasteiger partial charge in [-0.25, -0.2) is 12.8 Å². The number of benzene rings is 1. The molecule has 0 aromatic heterocycles. The van der Waals surface area contributed by atoms with Crippen LogP contribution < -0.4 is 5.73 Å². The van der Waals surface area contributed by atoms with Crippen molar-refractivity contribution in [3.8, 4) is 0 Å². The van der Waals surface area contributed by atoms with Gasteiger partial charge in [-0.15, -0.1) is 0 Å². The Morgan fingerprint density at radius 2 is 1.86 bits per heavy atom. The molecule has 0 spiro atoms. The molecule has 6 nitrogen and oxygen atoms in total. The number of amides is 1. The minimum Gasteiger partial charge on any atom is -0.395 e. The maximum absolute atomic E-state index is 13.4. The molecule has 1 amide bonds. The van der Waals surface area contributed by atoms with Crippen LogP contribution in [0.4, 0.5) is 10.1 Å². The molecule has 0 saturated carbocycles. The van der Waals surface area contributed by atoms with Crippen LogP contribution in [0.25, 0.3) is 0 Å². The molecule has 0 atom stereocenters. The summed E-state index contributed by atoms with van der Waals surface area (Å²) in [5, 5.41) is 0. The third-order valence-electron chi connectivity index (χ3n) is 3.18. The Kier molecular flexibility index (Phi) is 5.68. The maximum atomic E-state index is 13.4. The Hall–Kier alpha value is -1.67. The lowest BCUT2D eigenvalue weighted by Crippen LogP contribution is -2.41. The summed E-state index contributed by atoms with van der Waals surface area (Å²) >= 11 is 0. The van der Waals surface area contributed by atoms with E-state index in [1.54, 1.807) is 13.8 Å². The molecule has 21 heavy (non-hydrogen) atoms. The summed E-state index contributed by atoms with van der Waals surface area (Å²) in [7, 11) is -2.75. The summed E-state index contributed by atoms with van der Waals surface area (Å²) in [6.07, 6.45) is 0. The van der Waals surface area contributed by atoms with Crippen molar-refractivity contribution in [2.75, 3.05) is 32.4 Å². The average molecular weight is 317 g/mol. The van der Waals surface area contributed by atoms with Crippen molar-refractivity contribution in [1.29, 1.82) is 0 Å². The molecule has 1 aromatic carbocycles. The van der Waals surface area contributed by atoms with Crippen molar-refractivity contribution in [3.63, 3.8) is 0 Å². The Labute approximate surface area is 124 Å². The number of nitrogens with two attached hydrogens (primary N) is 1. The lowest BCUT2D eigenvalue weighted by molar-refractivity contribution is -0.130. The molecule has 118 valence electrons. The highest BCUT2D eigenvalue weighted by molar-refractivity contribution is 7.89. The van der Waals surface area contributed by atoms with Crippen LogP contribution in [0.3, 0.4) is 0 Å². The normalized spacial score (nSPS) is 11.7. The van der Waals surface area contributed by atoms with E-state index in [0.29, 0.717) is 13.1 Å². The first-order valence-electron chi connectivity index (χ1n) is 6.53. The number of para-hydroxylation sites is 1. The molecular weight excluding hydrogens is 297 g/mol. The summed E-state index contributed by atoms with van der Waals surface area (Å²) in [4.78, 5) is 13.1. The predicted molar refractivity (Wildman–Crippen MR) is 78.6 cm³/mol. The Bertz CT molecular complexity index is 615. The van der Waals surface area contributed by atoms with Gasteiger partial charge in [0.05, 0.1) is 12.2 Å². The van der Waals surface area contributed by atoms with E-state index in [0.717, 1.165) is 10.4 Å². The van der Waals surface area contributed by atoms with E-state index in [4.69, 9.17) is 5.73 Å². The summed E-state index contributed by atoms with van der Waals surface area (Å²) in [5.41, 5.74) is 5.03. The van der Waals surface area contributed by atoms with Crippen LogP contribution in [-0.4, -0.2) is 50.2 Å². The zero-order valence-corrected chi connectivity index (χ0v) is 13.2. The molecule has 0 aliphatic rings. The largest absolute Gasteiger partial charge is 0.395 e. The fourth-order valence-electron chi connectivity index (χ4n) is 1.86. The molecule has 0 aliphatic heterocycles. The first kappa shape index (κ1) is 17.4. The van der Waals surface area contributed by atoms with Gasteiger partial charge in [0.15, 0.2) is 0 Å². The third-order valence-corrected chi connectivity index (χ3v) is 5.04. The summed E-state index contributed by atoms with van der Waals surface area (Å²) in [6, 6.07) is 3.56. The second kappa shape index (κ2) is 6.86. The van der Waals surface area contributed by atoms with Crippen LogP contribution in [-0.2, 0) is 14.8 Å². The van der Waals surface area contributed by atoms with Gasteiger partial charge in [0, 0.05) is 20.1 Å². The van der Waals surface area contributed by atoms with Gasteiger partial charge in [0.2, 0.25) is 15.9 Å². The number of hydrogen-bond acceptors (Lipinski definition) is 4. The molecule has 8 heteroatoms. The highest BCUT2D eigenvalue weighted by Crippen LogP contribution is 2.23. The number of rotatable bonds is 6. The van der Waals surface area contributed by atoms with E-state index in [2.05, 4.69) is 0 Å². The second-order valence-corrected chi connectivity index (χ2v) is 6.49. The van der Waals surface area contributed by atoms with Gasteiger partial charge in [0.25, 0.3) is 0 Å². The number of halogens is 1. The monoisotopic (exact) mass is 317 g/mol. The lowest BCUT2D eigenvalue weighted by atomic mass is 10.3. The molecular formula is C13H20FN3O3S. The van der Waals surface area contributed by atoms with Crippen molar-refractivity contribution in [3.05, 3.63) is 24.0 Å². The summed E-state index contributed by atoms with van der Waals surface area (Å²) in [5.74, 6) is -1.12. The van der Waals surface area contributed by atoms with Gasteiger partial charge >= 0.3 is 0 Å². The zero-order chi connectivity index (χ0) is 16.2. The quantitative estimate of drug-likeness (QED) is 0.790. The zero-order valence-electron chi connectivity index (χ0n) is 12.3. The van der Waals surface area contributed by atoms with Crippen molar-refractivity contribution < 1.29 is 17.6 Å². The molecule has 0 unspecified atom stereocenters. The molecule has 1 aromatic rings. The molecule has 0 bridgehead atoms.